The van der Waals surface area contributed by atoms with Gasteiger partial charge in [0.05, 0.1) is 13.2 Å². The minimum absolute atomic E-state index is 0.128. The van der Waals surface area contributed by atoms with Gasteiger partial charge in [-0.05, 0) is 24.6 Å². The maximum atomic E-state index is 12.8. The minimum Gasteiger partial charge on any atom is -0.469 e. The van der Waals surface area contributed by atoms with Crippen LogP contribution in [-0.2, 0) is 11.3 Å². The average Bonchev–Trinajstić information content (AvgIpc) is 3.11. The maximum absolute atomic E-state index is 12.8. The number of hydrogen-bond acceptors (Lipinski definition) is 6. The molecule has 0 aliphatic heterocycles. The van der Waals surface area contributed by atoms with E-state index in [0.29, 0.717) is 18.3 Å². The van der Waals surface area contributed by atoms with Gasteiger partial charge in [-0.25, -0.2) is 0 Å². The molecule has 3 aromatic rings. The maximum Gasteiger partial charge on any atom is 0.294 e. The SMILES string of the molecule is CCOc1nnc(CNC(C(=O)Nc2ccccc2)c2ccccc2)s1. The fraction of sp³-hybridized carbons (Fsp3) is 0.211. The number of anilines is 1. The van der Waals surface area contributed by atoms with Gasteiger partial charge in [-0.15, -0.1) is 10.2 Å². The van der Waals surface area contributed by atoms with Gasteiger partial charge in [0, 0.05) is 5.69 Å². The summed E-state index contributed by atoms with van der Waals surface area (Å²) in [5.74, 6) is -0.128. The van der Waals surface area contributed by atoms with E-state index in [1.54, 1.807) is 0 Å². The van der Waals surface area contributed by atoms with Crippen LogP contribution in [0.3, 0.4) is 0 Å². The van der Waals surface area contributed by atoms with Crippen LogP contribution in [0.4, 0.5) is 5.69 Å². The topological polar surface area (TPSA) is 76.1 Å². The number of nitrogens with zero attached hydrogens (tertiary/aromatic N) is 2. The van der Waals surface area contributed by atoms with Crippen LogP contribution in [-0.4, -0.2) is 22.7 Å². The molecule has 6 nitrogen and oxygen atoms in total. The van der Waals surface area contributed by atoms with Crippen LogP contribution in [0.15, 0.2) is 60.7 Å². The second-order valence-electron chi connectivity index (χ2n) is 5.47. The van der Waals surface area contributed by atoms with Gasteiger partial charge in [0.15, 0.2) is 0 Å². The molecule has 1 heterocycles. The number of rotatable bonds is 8. The molecule has 0 aliphatic carbocycles. The third-order valence-corrected chi connectivity index (χ3v) is 4.45. The van der Waals surface area contributed by atoms with E-state index in [1.165, 1.54) is 11.3 Å². The van der Waals surface area contributed by atoms with Crippen LogP contribution in [0.1, 0.15) is 23.5 Å². The molecule has 0 radical (unpaired) electrons. The van der Waals surface area contributed by atoms with Crippen molar-refractivity contribution < 1.29 is 9.53 Å². The summed E-state index contributed by atoms with van der Waals surface area (Å²) in [7, 11) is 0. The molecule has 0 spiro atoms. The third kappa shape index (κ3) is 4.87. The van der Waals surface area contributed by atoms with Crippen LogP contribution in [0.5, 0.6) is 5.19 Å². The predicted octanol–water partition coefficient (Wildman–Crippen LogP) is 3.41. The number of benzene rings is 2. The summed E-state index contributed by atoms with van der Waals surface area (Å²) >= 11 is 1.37. The van der Waals surface area contributed by atoms with Gasteiger partial charge in [-0.3, -0.25) is 10.1 Å². The highest BCUT2D eigenvalue weighted by Crippen LogP contribution is 2.20. The van der Waals surface area contributed by atoms with Crippen molar-refractivity contribution in [3.05, 3.63) is 71.2 Å². The number of nitrogens with one attached hydrogen (secondary N) is 2. The third-order valence-electron chi connectivity index (χ3n) is 3.61. The summed E-state index contributed by atoms with van der Waals surface area (Å²) in [6, 6.07) is 18.5. The van der Waals surface area contributed by atoms with Gasteiger partial charge in [0.25, 0.3) is 5.19 Å². The standard InChI is InChI=1S/C19H20N4O2S/c1-2-25-19-23-22-16(26-19)13-20-17(14-9-5-3-6-10-14)18(24)21-15-11-7-4-8-12-15/h3-12,17,20H,2,13H2,1H3,(H,21,24). The molecule has 134 valence electrons. The van der Waals surface area contributed by atoms with Crippen molar-refractivity contribution in [2.75, 3.05) is 11.9 Å². The van der Waals surface area contributed by atoms with Gasteiger partial charge < -0.3 is 10.1 Å². The van der Waals surface area contributed by atoms with E-state index in [9.17, 15) is 4.79 Å². The van der Waals surface area contributed by atoms with Crippen LogP contribution in [0, 0.1) is 0 Å². The summed E-state index contributed by atoms with van der Waals surface area (Å²) in [5.41, 5.74) is 1.64. The number of ether oxygens (including phenoxy) is 1. The van der Waals surface area contributed by atoms with E-state index >= 15 is 0 Å². The molecule has 0 saturated heterocycles. The molecule has 2 N–H and O–H groups in total. The monoisotopic (exact) mass is 368 g/mol. The normalized spacial score (nSPS) is 11.7. The highest BCUT2D eigenvalue weighted by Gasteiger charge is 2.21. The Morgan fingerprint density at radius 1 is 1.08 bits per heavy atom. The summed E-state index contributed by atoms with van der Waals surface area (Å²) < 4.78 is 5.34. The second kappa shape index (κ2) is 9.07. The fourth-order valence-corrected chi connectivity index (χ4v) is 3.12. The fourth-order valence-electron chi connectivity index (χ4n) is 2.42. The van der Waals surface area contributed by atoms with Gasteiger partial charge in [-0.1, -0.05) is 59.9 Å². The first-order valence-electron chi connectivity index (χ1n) is 8.35. The van der Waals surface area contributed by atoms with Crippen molar-refractivity contribution in [3.63, 3.8) is 0 Å². The molecule has 1 unspecified atom stereocenters. The number of aromatic nitrogens is 2. The summed E-state index contributed by atoms with van der Waals surface area (Å²) in [6.07, 6.45) is 0. The van der Waals surface area contributed by atoms with Gasteiger partial charge >= 0.3 is 0 Å². The van der Waals surface area contributed by atoms with E-state index in [0.717, 1.165) is 16.3 Å². The molecule has 0 aliphatic rings. The van der Waals surface area contributed by atoms with Gasteiger partial charge in [-0.2, -0.15) is 0 Å². The second-order valence-corrected chi connectivity index (χ2v) is 6.50. The highest BCUT2D eigenvalue weighted by atomic mass is 32.1. The molecule has 2 aromatic carbocycles. The number of amides is 1. The Kier molecular flexibility index (Phi) is 6.29. The average molecular weight is 368 g/mol. The molecule has 7 heteroatoms. The first kappa shape index (κ1) is 18.0. The molecule has 1 aromatic heterocycles. The first-order chi connectivity index (χ1) is 12.8. The van der Waals surface area contributed by atoms with E-state index < -0.39 is 6.04 Å². The van der Waals surface area contributed by atoms with Crippen LogP contribution in [0.2, 0.25) is 0 Å². The minimum atomic E-state index is -0.504. The summed E-state index contributed by atoms with van der Waals surface area (Å²) in [6.45, 7) is 2.87. The van der Waals surface area contributed by atoms with Gasteiger partial charge in [0.1, 0.15) is 11.0 Å². The quantitative estimate of drug-likeness (QED) is 0.637. The van der Waals surface area contributed by atoms with Crippen LogP contribution >= 0.6 is 11.3 Å². The zero-order valence-electron chi connectivity index (χ0n) is 14.4. The number of hydrogen-bond donors (Lipinski definition) is 2. The molecule has 0 bridgehead atoms. The van der Waals surface area contributed by atoms with Gasteiger partial charge in [0.2, 0.25) is 5.91 Å². The first-order valence-corrected chi connectivity index (χ1v) is 9.17. The van der Waals surface area contributed by atoms with E-state index in [4.69, 9.17) is 4.74 Å². The van der Waals surface area contributed by atoms with Crippen LogP contribution in [0.25, 0.3) is 0 Å². The van der Waals surface area contributed by atoms with Crippen molar-refractivity contribution in [1.29, 1.82) is 0 Å². The van der Waals surface area contributed by atoms with E-state index in [1.807, 2.05) is 67.6 Å². The Hall–Kier alpha value is -2.77. The van der Waals surface area contributed by atoms with Crippen molar-refractivity contribution in [2.24, 2.45) is 0 Å². The molecule has 1 amide bonds. The molecule has 0 saturated carbocycles. The van der Waals surface area contributed by atoms with E-state index in [2.05, 4.69) is 20.8 Å². The molecule has 0 fully saturated rings. The highest BCUT2D eigenvalue weighted by molar-refractivity contribution is 7.13. The largest absolute Gasteiger partial charge is 0.469 e. The molecule has 1 atom stereocenters. The Morgan fingerprint density at radius 2 is 1.77 bits per heavy atom. The van der Waals surface area contributed by atoms with Crippen molar-refractivity contribution in [3.8, 4) is 5.19 Å². The molecular weight excluding hydrogens is 348 g/mol. The lowest BCUT2D eigenvalue weighted by molar-refractivity contribution is -0.118. The summed E-state index contributed by atoms with van der Waals surface area (Å²) in [4.78, 5) is 12.8. The Labute approximate surface area is 156 Å². The Morgan fingerprint density at radius 3 is 2.46 bits per heavy atom. The zero-order valence-corrected chi connectivity index (χ0v) is 15.2. The van der Waals surface area contributed by atoms with E-state index in [-0.39, 0.29) is 5.91 Å². The Balaban J connectivity index is 1.71. The molecular formula is C19H20N4O2S. The summed E-state index contributed by atoms with van der Waals surface area (Å²) in [5, 5.41) is 15.6. The zero-order chi connectivity index (χ0) is 18.2. The smallest absolute Gasteiger partial charge is 0.294 e. The number of carbonyl (C=O) groups is 1. The lowest BCUT2D eigenvalue weighted by Crippen LogP contribution is -2.32. The molecule has 26 heavy (non-hydrogen) atoms. The lowest BCUT2D eigenvalue weighted by atomic mass is 10.1. The lowest BCUT2D eigenvalue weighted by Gasteiger charge is -2.18. The van der Waals surface area contributed by atoms with Crippen molar-refractivity contribution >= 4 is 22.9 Å². The Bertz CT molecular complexity index is 824. The number of carbonyl (C=O) groups excluding carboxylic acids is 1. The predicted molar refractivity (Wildman–Crippen MR) is 102 cm³/mol. The van der Waals surface area contributed by atoms with Crippen molar-refractivity contribution in [2.45, 2.75) is 19.5 Å². The van der Waals surface area contributed by atoms with Crippen LogP contribution < -0.4 is 15.4 Å². The molecule has 3 rings (SSSR count). The van der Waals surface area contributed by atoms with Crippen molar-refractivity contribution in [1.82, 2.24) is 15.5 Å². The number of para-hydroxylation sites is 1.